The molecule has 6 rings (SSSR count). The second kappa shape index (κ2) is 8.11. The monoisotopic (exact) mass is 448 g/mol. The number of benzene rings is 2. The predicted molar refractivity (Wildman–Crippen MR) is 127 cm³/mol. The summed E-state index contributed by atoms with van der Waals surface area (Å²) in [5.41, 5.74) is 4.44. The van der Waals surface area contributed by atoms with Crippen LogP contribution in [0, 0.1) is 5.82 Å². The minimum atomic E-state index is -0.552. The van der Waals surface area contributed by atoms with Crippen LogP contribution in [0.4, 0.5) is 16.0 Å². The third kappa shape index (κ3) is 3.57. The van der Waals surface area contributed by atoms with Gasteiger partial charge in [-0.3, -0.25) is 15.0 Å². The number of amides is 1. The Morgan fingerprint density at radius 3 is 2.91 bits per heavy atom. The van der Waals surface area contributed by atoms with Gasteiger partial charge in [0.05, 0.1) is 11.0 Å². The number of halogens is 1. The summed E-state index contributed by atoms with van der Waals surface area (Å²) in [6.45, 7) is 5.51. The lowest BCUT2D eigenvalue weighted by molar-refractivity contribution is -0.122. The van der Waals surface area contributed by atoms with Crippen LogP contribution in [-0.4, -0.2) is 60.0 Å². The number of aromatic nitrogens is 2. The summed E-state index contributed by atoms with van der Waals surface area (Å²) in [6.07, 6.45) is 3.94. The van der Waals surface area contributed by atoms with Crippen LogP contribution in [0.5, 0.6) is 0 Å². The lowest BCUT2D eigenvalue weighted by atomic mass is 9.77. The van der Waals surface area contributed by atoms with Crippen LogP contribution in [-0.2, 0) is 16.8 Å². The summed E-state index contributed by atoms with van der Waals surface area (Å²) in [5.74, 6) is 0.665. The Labute approximate surface area is 192 Å². The number of rotatable bonds is 6. The second-order valence-corrected chi connectivity index (χ2v) is 9.38. The van der Waals surface area contributed by atoms with Crippen molar-refractivity contribution in [2.24, 2.45) is 0 Å². The van der Waals surface area contributed by atoms with E-state index in [1.807, 2.05) is 12.1 Å². The SMILES string of the molecule is O=C1Nc2cccc3c2[C@@]1(NCCCN1CCN(c2nc4ccc(F)cc4[nH]2)CC1)CCC3. The van der Waals surface area contributed by atoms with E-state index in [1.165, 1.54) is 23.3 Å². The number of piperazine rings is 1. The van der Waals surface area contributed by atoms with E-state index in [9.17, 15) is 9.18 Å². The number of hydrogen-bond donors (Lipinski definition) is 3. The Bertz CT molecular complexity index is 1200. The second-order valence-electron chi connectivity index (χ2n) is 9.38. The highest BCUT2D eigenvalue weighted by molar-refractivity contribution is 6.06. The van der Waals surface area contributed by atoms with Crippen LogP contribution in [0.15, 0.2) is 36.4 Å². The minimum absolute atomic E-state index is 0.101. The number of carbonyl (C=O) groups is 1. The molecular formula is C25H29FN6O. The number of fused-ring (bicyclic) bond motifs is 1. The predicted octanol–water partition coefficient (Wildman–Crippen LogP) is 2.99. The minimum Gasteiger partial charge on any atom is -0.340 e. The molecule has 0 unspecified atom stereocenters. The van der Waals surface area contributed by atoms with E-state index in [4.69, 9.17) is 0 Å². The van der Waals surface area contributed by atoms with Crippen LogP contribution in [0.2, 0.25) is 0 Å². The van der Waals surface area contributed by atoms with Gasteiger partial charge in [-0.2, -0.15) is 0 Å². The van der Waals surface area contributed by atoms with Gasteiger partial charge in [0.2, 0.25) is 11.9 Å². The summed E-state index contributed by atoms with van der Waals surface area (Å²) in [6, 6.07) is 10.9. The van der Waals surface area contributed by atoms with Crippen LogP contribution >= 0.6 is 0 Å². The van der Waals surface area contributed by atoms with Gasteiger partial charge in [0.25, 0.3) is 0 Å². The number of anilines is 2. The lowest BCUT2D eigenvalue weighted by Gasteiger charge is -2.36. The zero-order valence-corrected chi connectivity index (χ0v) is 18.7. The maximum atomic E-state index is 13.5. The molecule has 8 heteroatoms. The number of aromatic amines is 1. The fraction of sp³-hybridized carbons (Fsp3) is 0.440. The molecular weight excluding hydrogens is 419 g/mol. The number of H-pyrrole nitrogens is 1. The van der Waals surface area contributed by atoms with E-state index in [0.29, 0.717) is 0 Å². The van der Waals surface area contributed by atoms with E-state index >= 15 is 0 Å². The molecule has 1 aromatic heterocycles. The van der Waals surface area contributed by atoms with Crippen molar-refractivity contribution in [1.29, 1.82) is 0 Å². The Balaban J connectivity index is 1.02. The van der Waals surface area contributed by atoms with Crippen LogP contribution in [0.1, 0.15) is 30.4 Å². The van der Waals surface area contributed by atoms with Crippen molar-refractivity contribution in [3.05, 3.63) is 53.3 Å². The standard InChI is InChI=1S/C25H29FN6O/c26-18-7-8-19-21(16-18)30-24(29-19)32-14-12-31(13-15-32)11-3-10-27-25-9-2-5-17-4-1-6-20(22(17)25)28-23(25)33/h1,4,6-8,16,27H,2-3,5,9-15H2,(H,28,33)(H,29,30)/t25-/m0/s1. The summed E-state index contributed by atoms with van der Waals surface area (Å²) >= 11 is 0. The number of nitrogens with one attached hydrogen (secondary N) is 3. The highest BCUT2D eigenvalue weighted by Crippen LogP contribution is 2.45. The summed E-state index contributed by atoms with van der Waals surface area (Å²) in [5, 5.41) is 6.74. The highest BCUT2D eigenvalue weighted by atomic mass is 19.1. The molecule has 1 saturated heterocycles. The van der Waals surface area contributed by atoms with Gasteiger partial charge in [-0.1, -0.05) is 12.1 Å². The molecule has 2 aromatic carbocycles. The molecule has 33 heavy (non-hydrogen) atoms. The first-order chi connectivity index (χ1) is 16.1. The molecule has 1 aliphatic carbocycles. The largest absolute Gasteiger partial charge is 0.340 e. The Morgan fingerprint density at radius 1 is 1.15 bits per heavy atom. The van der Waals surface area contributed by atoms with Crippen LogP contribution in [0.25, 0.3) is 11.0 Å². The zero-order chi connectivity index (χ0) is 22.4. The zero-order valence-electron chi connectivity index (χ0n) is 18.7. The molecule has 0 saturated carbocycles. The maximum Gasteiger partial charge on any atom is 0.249 e. The van der Waals surface area contributed by atoms with E-state index in [1.54, 1.807) is 6.07 Å². The Kier molecular flexibility index (Phi) is 5.07. The average Bonchev–Trinajstić information content (AvgIpc) is 3.37. The Morgan fingerprint density at radius 2 is 2.03 bits per heavy atom. The van der Waals surface area contributed by atoms with Gasteiger partial charge < -0.3 is 15.2 Å². The quantitative estimate of drug-likeness (QED) is 0.506. The van der Waals surface area contributed by atoms with E-state index in [-0.39, 0.29) is 11.7 Å². The van der Waals surface area contributed by atoms with Crippen molar-refractivity contribution in [1.82, 2.24) is 20.2 Å². The van der Waals surface area contributed by atoms with Crippen LogP contribution < -0.4 is 15.5 Å². The first-order valence-electron chi connectivity index (χ1n) is 11.9. The van der Waals surface area contributed by atoms with Crippen molar-refractivity contribution in [3.8, 4) is 0 Å². The van der Waals surface area contributed by atoms with Crippen molar-refractivity contribution in [2.45, 2.75) is 31.2 Å². The summed E-state index contributed by atoms with van der Waals surface area (Å²) in [4.78, 5) is 25.5. The van der Waals surface area contributed by atoms with E-state index < -0.39 is 5.54 Å². The lowest BCUT2D eigenvalue weighted by Crippen LogP contribution is -2.51. The van der Waals surface area contributed by atoms with Gasteiger partial charge in [0, 0.05) is 37.4 Å². The molecule has 3 N–H and O–H groups in total. The molecule has 0 radical (unpaired) electrons. The molecule has 1 atom stereocenters. The van der Waals surface area contributed by atoms with Crippen molar-refractivity contribution in [2.75, 3.05) is 49.5 Å². The number of imidazole rings is 1. The summed E-state index contributed by atoms with van der Waals surface area (Å²) in [7, 11) is 0. The van der Waals surface area contributed by atoms with Crippen molar-refractivity contribution >= 4 is 28.6 Å². The third-order valence-corrected chi connectivity index (χ3v) is 7.39. The van der Waals surface area contributed by atoms with Gasteiger partial charge in [0.1, 0.15) is 11.4 Å². The molecule has 1 fully saturated rings. The summed E-state index contributed by atoms with van der Waals surface area (Å²) < 4.78 is 13.5. The van der Waals surface area contributed by atoms with Crippen molar-refractivity contribution in [3.63, 3.8) is 0 Å². The molecule has 3 aliphatic rings. The van der Waals surface area contributed by atoms with Gasteiger partial charge >= 0.3 is 0 Å². The van der Waals surface area contributed by atoms with Gasteiger partial charge in [-0.25, -0.2) is 9.37 Å². The van der Waals surface area contributed by atoms with Crippen LogP contribution in [0.3, 0.4) is 0 Å². The first kappa shape index (κ1) is 20.6. The average molecular weight is 449 g/mol. The highest BCUT2D eigenvalue weighted by Gasteiger charge is 2.48. The smallest absolute Gasteiger partial charge is 0.249 e. The molecule has 1 amide bonds. The normalized spacial score (nSPS) is 22.6. The molecule has 3 aromatic rings. The Hall–Kier alpha value is -2.97. The molecule has 7 nitrogen and oxygen atoms in total. The molecule has 0 spiro atoms. The van der Waals surface area contributed by atoms with Gasteiger partial charge in [0.15, 0.2) is 0 Å². The number of aryl methyl sites for hydroxylation is 1. The van der Waals surface area contributed by atoms with E-state index in [2.05, 4.69) is 36.5 Å². The molecule has 0 bridgehead atoms. The topological polar surface area (TPSA) is 76.3 Å². The van der Waals surface area contributed by atoms with Gasteiger partial charge in [-0.05, 0) is 68.6 Å². The fourth-order valence-electron chi connectivity index (χ4n) is 5.70. The molecule has 2 aliphatic heterocycles. The third-order valence-electron chi connectivity index (χ3n) is 7.39. The number of carbonyl (C=O) groups excluding carboxylic acids is 1. The van der Waals surface area contributed by atoms with Crippen molar-refractivity contribution < 1.29 is 9.18 Å². The first-order valence-corrected chi connectivity index (χ1v) is 11.9. The van der Waals surface area contributed by atoms with Gasteiger partial charge in [-0.15, -0.1) is 0 Å². The number of hydrogen-bond acceptors (Lipinski definition) is 5. The fourth-order valence-corrected chi connectivity index (χ4v) is 5.70. The number of nitrogens with zero attached hydrogens (tertiary/aromatic N) is 3. The maximum absolute atomic E-state index is 13.5. The molecule has 172 valence electrons. The van der Waals surface area contributed by atoms with E-state index in [0.717, 1.165) is 87.6 Å². The molecule has 3 heterocycles.